The second kappa shape index (κ2) is 5.13. The Morgan fingerprint density at radius 2 is 1.79 bits per heavy atom. The topological polar surface area (TPSA) is 59.7 Å². The third kappa shape index (κ3) is 2.68. The van der Waals surface area contributed by atoms with Crippen molar-refractivity contribution in [2.45, 2.75) is 26.2 Å². The molecule has 7 heteroatoms. The van der Waals surface area contributed by atoms with Gasteiger partial charge in [-0.2, -0.15) is 20.1 Å². The molecule has 0 amide bonds. The predicted molar refractivity (Wildman–Crippen MR) is 72.8 cm³/mol. The van der Waals surface area contributed by atoms with Gasteiger partial charge >= 0.3 is 0 Å². The molecule has 0 unspecified atom stereocenters. The van der Waals surface area contributed by atoms with Gasteiger partial charge in [0, 0.05) is 19.3 Å². The number of rotatable bonds is 2. The maximum atomic E-state index is 6.00. The molecule has 0 bridgehead atoms. The molecular weight excluding hydrogens is 264 g/mol. The first-order valence-corrected chi connectivity index (χ1v) is 6.79. The average Bonchev–Trinajstić information content (AvgIpc) is 2.86. The van der Waals surface area contributed by atoms with Crippen molar-refractivity contribution >= 4 is 17.5 Å². The van der Waals surface area contributed by atoms with Gasteiger partial charge in [-0.25, -0.2) is 4.68 Å². The molecule has 0 aromatic carbocycles. The third-order valence-corrected chi connectivity index (χ3v) is 3.32. The third-order valence-electron chi connectivity index (χ3n) is 3.15. The number of aryl methyl sites for hydroxylation is 1. The van der Waals surface area contributed by atoms with Crippen molar-refractivity contribution in [3.63, 3.8) is 0 Å². The van der Waals surface area contributed by atoms with Crippen LogP contribution in [0.2, 0.25) is 5.28 Å². The number of nitrogens with zero attached hydrogens (tertiary/aromatic N) is 6. The second-order valence-electron chi connectivity index (χ2n) is 4.65. The Morgan fingerprint density at radius 3 is 2.47 bits per heavy atom. The van der Waals surface area contributed by atoms with Gasteiger partial charge in [0.15, 0.2) is 0 Å². The van der Waals surface area contributed by atoms with E-state index in [-0.39, 0.29) is 5.28 Å². The van der Waals surface area contributed by atoms with E-state index in [1.54, 1.807) is 4.68 Å². The molecule has 2 aromatic heterocycles. The van der Waals surface area contributed by atoms with E-state index >= 15 is 0 Å². The summed E-state index contributed by atoms with van der Waals surface area (Å²) in [6.45, 7) is 3.86. The van der Waals surface area contributed by atoms with Gasteiger partial charge in [0.05, 0.1) is 5.69 Å². The monoisotopic (exact) mass is 278 g/mol. The van der Waals surface area contributed by atoms with E-state index < -0.39 is 0 Å². The summed E-state index contributed by atoms with van der Waals surface area (Å²) in [7, 11) is 0. The maximum Gasteiger partial charge on any atom is 0.256 e. The molecule has 1 fully saturated rings. The van der Waals surface area contributed by atoms with Crippen molar-refractivity contribution in [2.75, 3.05) is 18.0 Å². The molecule has 1 saturated heterocycles. The van der Waals surface area contributed by atoms with E-state index in [0.29, 0.717) is 11.9 Å². The highest BCUT2D eigenvalue weighted by Crippen LogP contribution is 2.18. The Labute approximate surface area is 116 Å². The van der Waals surface area contributed by atoms with Crippen LogP contribution in [-0.4, -0.2) is 37.8 Å². The minimum absolute atomic E-state index is 0.207. The highest BCUT2D eigenvalue weighted by atomic mass is 35.5. The molecule has 6 nitrogen and oxygen atoms in total. The first-order chi connectivity index (χ1) is 9.22. The highest BCUT2D eigenvalue weighted by molar-refractivity contribution is 6.28. The van der Waals surface area contributed by atoms with Gasteiger partial charge in [-0.1, -0.05) is 0 Å². The van der Waals surface area contributed by atoms with Crippen molar-refractivity contribution in [2.24, 2.45) is 0 Å². The summed E-state index contributed by atoms with van der Waals surface area (Å²) in [4.78, 5) is 15.0. The zero-order chi connectivity index (χ0) is 13.2. The molecule has 3 heterocycles. The lowest BCUT2D eigenvalue weighted by Crippen LogP contribution is -2.31. The molecule has 1 aliphatic rings. The van der Waals surface area contributed by atoms with Crippen molar-refractivity contribution < 1.29 is 0 Å². The number of hydrogen-bond acceptors (Lipinski definition) is 5. The molecule has 0 radical (unpaired) electrons. The fraction of sp³-hybridized carbons (Fsp3) is 0.500. The lowest BCUT2D eigenvalue weighted by atomic mass is 10.1. The first kappa shape index (κ1) is 12.3. The van der Waals surface area contributed by atoms with Gasteiger partial charge in [0.25, 0.3) is 5.95 Å². The molecule has 1 aliphatic heterocycles. The number of anilines is 1. The van der Waals surface area contributed by atoms with Crippen LogP contribution in [0.5, 0.6) is 0 Å². The molecule has 0 aliphatic carbocycles. The summed E-state index contributed by atoms with van der Waals surface area (Å²) in [5.41, 5.74) is 0.913. The van der Waals surface area contributed by atoms with Crippen LogP contribution >= 0.6 is 11.6 Å². The summed E-state index contributed by atoms with van der Waals surface area (Å²) in [5, 5.41) is 4.50. The van der Waals surface area contributed by atoms with Crippen molar-refractivity contribution in [1.82, 2.24) is 24.7 Å². The van der Waals surface area contributed by atoms with E-state index in [1.807, 2.05) is 19.2 Å². The van der Waals surface area contributed by atoms with Crippen LogP contribution in [0.4, 0.5) is 5.95 Å². The Morgan fingerprint density at radius 1 is 1.05 bits per heavy atom. The molecule has 19 heavy (non-hydrogen) atoms. The van der Waals surface area contributed by atoms with Crippen molar-refractivity contribution in [3.05, 3.63) is 23.2 Å². The number of piperidine rings is 1. The molecule has 3 rings (SSSR count). The minimum Gasteiger partial charge on any atom is -0.341 e. The summed E-state index contributed by atoms with van der Waals surface area (Å²) >= 11 is 6.00. The fourth-order valence-electron chi connectivity index (χ4n) is 2.19. The minimum atomic E-state index is 0.207. The van der Waals surface area contributed by atoms with Gasteiger partial charge in [-0.15, -0.1) is 0 Å². The van der Waals surface area contributed by atoms with E-state index in [0.717, 1.165) is 18.8 Å². The molecule has 0 atom stereocenters. The van der Waals surface area contributed by atoms with Crippen LogP contribution < -0.4 is 4.90 Å². The van der Waals surface area contributed by atoms with Crippen LogP contribution in [-0.2, 0) is 0 Å². The van der Waals surface area contributed by atoms with Crippen LogP contribution in [0.15, 0.2) is 12.3 Å². The molecular formula is C12H15ClN6. The predicted octanol–water partition coefficient (Wildman–Crippen LogP) is 2.01. The number of hydrogen-bond donors (Lipinski definition) is 0. The van der Waals surface area contributed by atoms with Crippen LogP contribution in [0, 0.1) is 6.92 Å². The normalized spacial score (nSPS) is 15.8. The molecule has 0 saturated carbocycles. The number of halogens is 1. The summed E-state index contributed by atoms with van der Waals surface area (Å²) < 4.78 is 1.62. The SMILES string of the molecule is Cc1ccn(-c2nc(Cl)nc(N3CCCCC3)n2)n1. The summed E-state index contributed by atoms with van der Waals surface area (Å²) in [6, 6.07) is 1.90. The van der Waals surface area contributed by atoms with Gasteiger partial charge < -0.3 is 4.90 Å². The van der Waals surface area contributed by atoms with Gasteiger partial charge in [-0.3, -0.25) is 0 Å². The molecule has 100 valence electrons. The molecule has 0 spiro atoms. The van der Waals surface area contributed by atoms with Gasteiger partial charge in [0.2, 0.25) is 11.2 Å². The van der Waals surface area contributed by atoms with E-state index in [9.17, 15) is 0 Å². The zero-order valence-corrected chi connectivity index (χ0v) is 11.5. The first-order valence-electron chi connectivity index (χ1n) is 6.41. The van der Waals surface area contributed by atoms with Gasteiger partial charge in [0.1, 0.15) is 0 Å². The molecule has 0 N–H and O–H groups in total. The Hall–Kier alpha value is -1.69. The van der Waals surface area contributed by atoms with Crippen molar-refractivity contribution in [3.8, 4) is 5.95 Å². The maximum absolute atomic E-state index is 6.00. The lowest BCUT2D eigenvalue weighted by molar-refractivity contribution is 0.566. The fourth-order valence-corrected chi connectivity index (χ4v) is 2.34. The zero-order valence-electron chi connectivity index (χ0n) is 10.8. The summed E-state index contributed by atoms with van der Waals surface area (Å²) in [5.74, 6) is 1.11. The highest BCUT2D eigenvalue weighted by Gasteiger charge is 2.16. The van der Waals surface area contributed by atoms with Crippen LogP contribution in [0.25, 0.3) is 5.95 Å². The average molecular weight is 279 g/mol. The Kier molecular flexibility index (Phi) is 3.33. The van der Waals surface area contributed by atoms with Gasteiger partial charge in [-0.05, 0) is 43.9 Å². The van der Waals surface area contributed by atoms with E-state index in [4.69, 9.17) is 11.6 Å². The van der Waals surface area contributed by atoms with Crippen LogP contribution in [0.1, 0.15) is 25.0 Å². The standard InChI is InChI=1S/C12H15ClN6/c1-9-5-8-19(17-9)12-15-10(13)14-11(16-12)18-6-3-2-4-7-18/h5,8H,2-4,6-7H2,1H3. The largest absolute Gasteiger partial charge is 0.341 e. The van der Waals surface area contributed by atoms with Crippen LogP contribution in [0.3, 0.4) is 0 Å². The number of aromatic nitrogens is 5. The summed E-state index contributed by atoms with van der Waals surface area (Å²) in [6.07, 6.45) is 5.42. The lowest BCUT2D eigenvalue weighted by Gasteiger charge is -2.26. The molecule has 2 aromatic rings. The van der Waals surface area contributed by atoms with E-state index in [2.05, 4.69) is 25.0 Å². The smallest absolute Gasteiger partial charge is 0.256 e. The second-order valence-corrected chi connectivity index (χ2v) is 4.99. The Bertz CT molecular complexity index is 575. The van der Waals surface area contributed by atoms with Crippen molar-refractivity contribution in [1.29, 1.82) is 0 Å². The van der Waals surface area contributed by atoms with E-state index in [1.165, 1.54) is 19.3 Å². The quantitative estimate of drug-likeness (QED) is 0.841. The Balaban J connectivity index is 1.95.